The Morgan fingerprint density at radius 2 is 1.86 bits per heavy atom. The van der Waals surface area contributed by atoms with Gasteiger partial charge < -0.3 is 9.59 Å². The molecule has 0 saturated heterocycles. The van der Waals surface area contributed by atoms with Gasteiger partial charge in [-0.05, 0) is 28.8 Å². The van der Waals surface area contributed by atoms with Crippen LogP contribution in [0.15, 0.2) is 42.5 Å². The molecule has 1 aliphatic rings. The van der Waals surface area contributed by atoms with E-state index >= 15 is 0 Å². The predicted octanol–water partition coefficient (Wildman–Crippen LogP) is 3.81. The van der Waals surface area contributed by atoms with Crippen LogP contribution >= 0.6 is 11.6 Å². The zero-order chi connectivity index (χ0) is 15.0. The van der Waals surface area contributed by atoms with Crippen molar-refractivity contribution >= 4 is 11.6 Å². The Labute approximate surface area is 131 Å². The highest BCUT2D eigenvalue weighted by atomic mass is 35.5. The maximum absolute atomic E-state index is 10.0. The number of nitrogens with zero attached hydrogens (tertiary/aromatic N) is 1. The fraction of sp³-hybridized carbons (Fsp3) is 0.333. The molecule has 0 bridgehead atoms. The van der Waals surface area contributed by atoms with Crippen molar-refractivity contribution in [3.63, 3.8) is 0 Å². The first kappa shape index (κ1) is 14.4. The van der Waals surface area contributed by atoms with Crippen molar-refractivity contribution in [2.45, 2.75) is 12.3 Å². The van der Waals surface area contributed by atoms with Crippen LogP contribution in [-0.4, -0.2) is 36.8 Å². The Morgan fingerprint density at radius 1 is 1.14 bits per heavy atom. The third-order valence-corrected chi connectivity index (χ3v) is 4.75. The monoisotopic (exact) mass is 303 g/mol. The minimum atomic E-state index is 0.184. The Morgan fingerprint density at radius 3 is 2.57 bits per heavy atom. The molecule has 0 fully saturated rings. The smallest absolute Gasteiger partial charge is 0.134 e. The van der Waals surface area contributed by atoms with Gasteiger partial charge in [0.25, 0.3) is 0 Å². The molecule has 2 aromatic carbocycles. The van der Waals surface area contributed by atoms with Crippen molar-refractivity contribution in [3.05, 3.63) is 64.2 Å². The molecular weight excluding hydrogens is 283 g/mol. The number of halogens is 1. The minimum Gasteiger partial charge on any atom is -0.506 e. The predicted molar refractivity (Wildman–Crippen MR) is 86.9 cm³/mol. The molecule has 0 radical (unpaired) electrons. The van der Waals surface area contributed by atoms with Gasteiger partial charge in [0.1, 0.15) is 5.75 Å². The number of phenols is 1. The molecule has 1 unspecified atom stereocenters. The Kier molecular flexibility index (Phi) is 3.68. The van der Waals surface area contributed by atoms with Gasteiger partial charge in [-0.25, -0.2) is 0 Å². The molecule has 3 rings (SSSR count). The third-order valence-electron chi connectivity index (χ3n) is 4.45. The lowest BCUT2D eigenvalue weighted by Crippen LogP contribution is -2.43. The molecule has 1 heterocycles. The van der Waals surface area contributed by atoms with E-state index in [1.54, 1.807) is 0 Å². The van der Waals surface area contributed by atoms with Crippen molar-refractivity contribution < 1.29 is 9.59 Å². The molecule has 0 spiro atoms. The van der Waals surface area contributed by atoms with E-state index in [0.29, 0.717) is 10.9 Å². The standard InChI is InChI=1S/C18H20ClNO/c1-20(2)9-8-14-10-17(19)18(21)11-15(14)16(12-20)13-6-4-3-5-7-13/h3-7,10-11,16H,8-9,12H2,1-2H3/p+1/t16-/m1/s1/i1+1/t16-,20?. The summed E-state index contributed by atoms with van der Waals surface area (Å²) in [5.41, 5.74) is 3.77. The topological polar surface area (TPSA) is 20.2 Å². The van der Waals surface area contributed by atoms with Crippen molar-refractivity contribution in [2.75, 3.05) is 27.2 Å². The van der Waals surface area contributed by atoms with E-state index in [1.807, 2.05) is 18.2 Å². The van der Waals surface area contributed by atoms with Crippen molar-refractivity contribution in [2.24, 2.45) is 0 Å². The van der Waals surface area contributed by atoms with E-state index in [1.165, 1.54) is 16.7 Å². The number of aromatic hydroxyl groups is 1. The second-order valence-corrected chi connectivity index (χ2v) is 6.96. The number of quaternary nitrogens is 1. The maximum Gasteiger partial charge on any atom is 0.134 e. The van der Waals surface area contributed by atoms with E-state index in [4.69, 9.17) is 11.6 Å². The van der Waals surface area contributed by atoms with Crippen LogP contribution in [-0.2, 0) is 6.42 Å². The van der Waals surface area contributed by atoms with Gasteiger partial charge in [0.2, 0.25) is 0 Å². The van der Waals surface area contributed by atoms with Crippen LogP contribution in [0.2, 0.25) is 5.02 Å². The van der Waals surface area contributed by atoms with Crippen LogP contribution in [0, 0.1) is 0 Å². The van der Waals surface area contributed by atoms with Gasteiger partial charge in [-0.2, -0.15) is 0 Å². The number of hydrogen-bond donors (Lipinski definition) is 1. The number of benzene rings is 2. The van der Waals surface area contributed by atoms with Crippen LogP contribution in [0.5, 0.6) is 5.75 Å². The molecule has 110 valence electrons. The van der Waals surface area contributed by atoms with E-state index < -0.39 is 0 Å². The average molecular weight is 304 g/mol. The summed E-state index contributed by atoms with van der Waals surface area (Å²) in [7, 11) is 4.53. The first-order valence-electron chi connectivity index (χ1n) is 7.34. The molecule has 0 amide bonds. The lowest BCUT2D eigenvalue weighted by atomic mass is 9.88. The maximum atomic E-state index is 10.0. The quantitative estimate of drug-likeness (QED) is 0.627. The molecule has 2 atom stereocenters. The highest BCUT2D eigenvalue weighted by molar-refractivity contribution is 6.32. The highest BCUT2D eigenvalue weighted by Crippen LogP contribution is 2.37. The Bertz CT molecular complexity index is 652. The number of hydrogen-bond acceptors (Lipinski definition) is 1. The van der Waals surface area contributed by atoms with E-state index in [2.05, 4.69) is 38.4 Å². The largest absolute Gasteiger partial charge is 0.506 e. The summed E-state index contributed by atoms with van der Waals surface area (Å²) in [6, 6.07) is 14.3. The molecule has 2 aromatic rings. The van der Waals surface area contributed by atoms with Crippen molar-refractivity contribution in [1.82, 2.24) is 0 Å². The number of fused-ring (bicyclic) bond motifs is 1. The van der Waals surface area contributed by atoms with Crippen LogP contribution in [0.4, 0.5) is 0 Å². The summed E-state index contributed by atoms with van der Waals surface area (Å²) in [5.74, 6) is 0.477. The number of rotatable bonds is 1. The second-order valence-electron chi connectivity index (χ2n) is 6.56. The van der Waals surface area contributed by atoms with E-state index in [9.17, 15) is 5.11 Å². The zero-order valence-corrected chi connectivity index (χ0v) is 13.3. The SMILES string of the molecule is C[N+]1([13CH3])CCc2cc(Cl)c(O)cc2[C@@H](c2ccccc2)C1. The first-order valence-corrected chi connectivity index (χ1v) is 7.72. The van der Waals surface area contributed by atoms with Crippen LogP contribution in [0.25, 0.3) is 0 Å². The van der Waals surface area contributed by atoms with E-state index in [-0.39, 0.29) is 5.75 Å². The van der Waals surface area contributed by atoms with Crippen molar-refractivity contribution in [3.8, 4) is 5.75 Å². The fourth-order valence-corrected chi connectivity index (χ4v) is 3.42. The lowest BCUT2D eigenvalue weighted by molar-refractivity contribution is -0.890. The fourth-order valence-electron chi connectivity index (χ4n) is 3.24. The molecule has 0 aliphatic carbocycles. The molecule has 1 N–H and O–H groups in total. The van der Waals surface area contributed by atoms with Gasteiger partial charge in [0.15, 0.2) is 0 Å². The van der Waals surface area contributed by atoms with Gasteiger partial charge in [0.05, 0.1) is 38.1 Å². The summed E-state index contributed by atoms with van der Waals surface area (Å²) in [6.07, 6.45) is 0.992. The van der Waals surface area contributed by atoms with Gasteiger partial charge in [-0.15, -0.1) is 0 Å². The summed E-state index contributed by atoms with van der Waals surface area (Å²) in [6.45, 7) is 2.11. The molecule has 0 aromatic heterocycles. The Hall–Kier alpha value is -1.51. The van der Waals surface area contributed by atoms with Gasteiger partial charge in [-0.3, -0.25) is 0 Å². The minimum absolute atomic E-state index is 0.184. The van der Waals surface area contributed by atoms with Gasteiger partial charge >= 0.3 is 0 Å². The summed E-state index contributed by atoms with van der Waals surface area (Å²) in [4.78, 5) is 0. The van der Waals surface area contributed by atoms with Gasteiger partial charge in [-0.1, -0.05) is 41.9 Å². The summed E-state index contributed by atoms with van der Waals surface area (Å²) >= 11 is 6.11. The van der Waals surface area contributed by atoms with Crippen molar-refractivity contribution in [1.29, 1.82) is 0 Å². The summed E-state index contributed by atoms with van der Waals surface area (Å²) in [5, 5.41) is 10.5. The Balaban J connectivity index is 2.15. The highest BCUT2D eigenvalue weighted by Gasteiger charge is 2.31. The van der Waals surface area contributed by atoms with Crippen LogP contribution in [0.3, 0.4) is 0 Å². The molecule has 0 saturated carbocycles. The molecule has 3 heteroatoms. The molecule has 1 aliphatic heterocycles. The summed E-state index contributed by atoms with van der Waals surface area (Å²) < 4.78 is 0.965. The lowest BCUT2D eigenvalue weighted by Gasteiger charge is -2.31. The van der Waals surface area contributed by atoms with E-state index in [0.717, 1.165) is 24.0 Å². The number of likely N-dealkylation sites (N-methyl/N-ethyl adjacent to an activating group) is 1. The third kappa shape index (κ3) is 2.92. The zero-order valence-electron chi connectivity index (χ0n) is 12.5. The van der Waals surface area contributed by atoms with Gasteiger partial charge in [0, 0.05) is 6.42 Å². The van der Waals surface area contributed by atoms with Crippen LogP contribution in [0.1, 0.15) is 22.6 Å². The normalized spacial score (nSPS) is 25.2. The molecule has 21 heavy (non-hydrogen) atoms. The molecular formula is C18H21ClNO+. The van der Waals surface area contributed by atoms with Crippen LogP contribution < -0.4 is 0 Å². The average Bonchev–Trinajstić information content (AvgIpc) is 2.58. The first-order chi connectivity index (χ1) is 9.96. The number of phenolic OH excluding ortho intramolecular Hbond substituents is 1. The second kappa shape index (κ2) is 5.36. The molecule has 2 nitrogen and oxygen atoms in total.